The van der Waals surface area contributed by atoms with E-state index in [2.05, 4.69) is 10.3 Å². The van der Waals surface area contributed by atoms with Crippen molar-refractivity contribution in [1.82, 2.24) is 9.55 Å². The Morgan fingerprint density at radius 1 is 1.14 bits per heavy atom. The first-order valence-electron chi connectivity index (χ1n) is 8.47. The van der Waals surface area contributed by atoms with Gasteiger partial charge >= 0.3 is 5.56 Å². The summed E-state index contributed by atoms with van der Waals surface area (Å²) >= 11 is 5.81. The third-order valence-electron chi connectivity index (χ3n) is 4.39. The van der Waals surface area contributed by atoms with Gasteiger partial charge in [0.05, 0.1) is 18.2 Å². The number of nitrogens with zero attached hydrogens (tertiary/aromatic N) is 2. The molecule has 0 radical (unpaired) electrons. The van der Waals surface area contributed by atoms with Gasteiger partial charge in [0.2, 0.25) is 11.8 Å². The van der Waals surface area contributed by atoms with E-state index in [4.69, 9.17) is 11.6 Å². The van der Waals surface area contributed by atoms with E-state index in [-0.39, 0.29) is 24.1 Å². The second-order valence-electron chi connectivity index (χ2n) is 6.47. The van der Waals surface area contributed by atoms with Crippen LogP contribution >= 0.6 is 11.6 Å². The first kappa shape index (κ1) is 20.0. The summed E-state index contributed by atoms with van der Waals surface area (Å²) in [4.78, 5) is 15.5. The van der Waals surface area contributed by atoms with Crippen LogP contribution in [-0.4, -0.2) is 14.7 Å². The van der Waals surface area contributed by atoms with Crippen molar-refractivity contribution in [2.75, 3.05) is 5.32 Å². The quantitative estimate of drug-likeness (QED) is 0.671. The van der Waals surface area contributed by atoms with Gasteiger partial charge in [-0.3, -0.25) is 4.79 Å². The maximum Gasteiger partial charge on any atom is 0.310 e. The van der Waals surface area contributed by atoms with Gasteiger partial charge in [-0.05, 0) is 54.3 Å². The Balaban J connectivity index is 2.02. The largest absolute Gasteiger partial charge is 0.392 e. The maximum absolute atomic E-state index is 13.9. The number of nitrogens with one attached hydrogen (secondary N) is 1. The molecule has 146 valence electrons. The monoisotopic (exact) mass is 405 g/mol. The fourth-order valence-corrected chi connectivity index (χ4v) is 3.05. The van der Waals surface area contributed by atoms with Gasteiger partial charge in [-0.2, -0.15) is 9.37 Å². The van der Waals surface area contributed by atoms with Crippen LogP contribution in [0.15, 0.2) is 41.3 Å². The van der Waals surface area contributed by atoms with E-state index in [0.717, 1.165) is 22.9 Å². The molecule has 0 atom stereocenters. The van der Waals surface area contributed by atoms with Gasteiger partial charge in [-0.25, -0.2) is 4.39 Å². The van der Waals surface area contributed by atoms with Crippen LogP contribution in [0.5, 0.6) is 0 Å². The van der Waals surface area contributed by atoms with Gasteiger partial charge in [0.1, 0.15) is 5.82 Å². The molecule has 0 aliphatic carbocycles. The van der Waals surface area contributed by atoms with Crippen molar-refractivity contribution in [2.45, 2.75) is 27.0 Å². The van der Waals surface area contributed by atoms with Crippen molar-refractivity contribution in [2.24, 2.45) is 0 Å². The first-order chi connectivity index (χ1) is 13.3. The second kappa shape index (κ2) is 8.08. The average molecular weight is 406 g/mol. The van der Waals surface area contributed by atoms with E-state index in [1.807, 2.05) is 19.9 Å². The van der Waals surface area contributed by atoms with Crippen LogP contribution in [0.4, 0.5) is 20.4 Å². The molecule has 5 nitrogen and oxygen atoms in total. The minimum absolute atomic E-state index is 0.0524. The molecule has 0 unspecified atom stereocenters. The summed E-state index contributed by atoms with van der Waals surface area (Å²) in [7, 11) is 0. The summed E-state index contributed by atoms with van der Waals surface area (Å²) in [5.41, 5.74) is 2.74. The molecule has 2 N–H and O–H groups in total. The van der Waals surface area contributed by atoms with Crippen LogP contribution in [0.1, 0.15) is 22.3 Å². The predicted octanol–water partition coefficient (Wildman–Crippen LogP) is 4.08. The zero-order chi connectivity index (χ0) is 20.4. The lowest BCUT2D eigenvalue weighted by Gasteiger charge is -2.17. The SMILES string of the molecule is Cc1cc(C)c(Nc2nc(=O)c(F)cn2Cc2ccc(F)c(Cl)c2)cc1CO. The average Bonchev–Trinajstić information content (AvgIpc) is 2.64. The summed E-state index contributed by atoms with van der Waals surface area (Å²) in [5, 5.41) is 12.5. The van der Waals surface area contributed by atoms with Gasteiger partial charge < -0.3 is 15.0 Å². The van der Waals surface area contributed by atoms with Crippen LogP contribution in [0.25, 0.3) is 0 Å². The van der Waals surface area contributed by atoms with Crippen LogP contribution in [0.2, 0.25) is 5.02 Å². The molecule has 2 aromatic carbocycles. The minimum Gasteiger partial charge on any atom is -0.392 e. The number of aliphatic hydroxyl groups is 1. The number of anilines is 2. The molecule has 0 saturated heterocycles. The van der Waals surface area contributed by atoms with Crippen molar-refractivity contribution in [3.05, 3.63) is 85.8 Å². The highest BCUT2D eigenvalue weighted by Crippen LogP contribution is 2.24. The lowest BCUT2D eigenvalue weighted by Crippen LogP contribution is -2.20. The van der Waals surface area contributed by atoms with E-state index < -0.39 is 17.2 Å². The lowest BCUT2D eigenvalue weighted by molar-refractivity contribution is 0.281. The Morgan fingerprint density at radius 2 is 1.89 bits per heavy atom. The van der Waals surface area contributed by atoms with Crippen molar-refractivity contribution in [3.8, 4) is 0 Å². The Kier molecular flexibility index (Phi) is 5.76. The maximum atomic E-state index is 13.9. The number of aryl methyl sites for hydroxylation is 2. The fourth-order valence-electron chi connectivity index (χ4n) is 2.84. The number of hydrogen-bond donors (Lipinski definition) is 2. The third-order valence-corrected chi connectivity index (χ3v) is 4.68. The molecule has 0 aliphatic rings. The Labute approximate surface area is 165 Å². The highest BCUT2D eigenvalue weighted by Gasteiger charge is 2.12. The number of halogens is 3. The standard InChI is InChI=1S/C20H18ClF2N3O2/c1-11-5-12(2)18(7-14(11)10-27)24-20-25-19(28)17(23)9-26(20)8-13-3-4-16(22)15(21)6-13/h3-7,9,27H,8,10H2,1-2H3,(H,24,25,28). The summed E-state index contributed by atoms with van der Waals surface area (Å²) in [6, 6.07) is 7.80. The third kappa shape index (κ3) is 4.21. The van der Waals surface area contributed by atoms with Gasteiger partial charge in [0.15, 0.2) is 0 Å². The molecule has 3 aromatic rings. The van der Waals surface area contributed by atoms with E-state index >= 15 is 0 Å². The summed E-state index contributed by atoms with van der Waals surface area (Å²) in [6.07, 6.45) is 1.03. The zero-order valence-corrected chi connectivity index (χ0v) is 16.0. The molecule has 3 rings (SSSR count). The molecule has 8 heteroatoms. The number of rotatable bonds is 5. The van der Waals surface area contributed by atoms with E-state index in [9.17, 15) is 18.7 Å². The predicted molar refractivity (Wildman–Crippen MR) is 104 cm³/mol. The number of hydrogen-bond acceptors (Lipinski definition) is 4. The van der Waals surface area contributed by atoms with Gasteiger partial charge in [0.25, 0.3) is 0 Å². The zero-order valence-electron chi connectivity index (χ0n) is 15.3. The Hall–Kier alpha value is -2.77. The molecule has 0 amide bonds. The molecule has 0 aliphatic heterocycles. The van der Waals surface area contributed by atoms with Gasteiger partial charge in [-0.1, -0.05) is 23.7 Å². The first-order valence-corrected chi connectivity index (χ1v) is 8.85. The van der Waals surface area contributed by atoms with Gasteiger partial charge in [-0.15, -0.1) is 0 Å². The number of benzene rings is 2. The van der Waals surface area contributed by atoms with Crippen LogP contribution < -0.4 is 10.9 Å². The van der Waals surface area contributed by atoms with Crippen LogP contribution in [0.3, 0.4) is 0 Å². The summed E-state index contributed by atoms with van der Waals surface area (Å²) in [5.74, 6) is -1.45. The van der Waals surface area contributed by atoms with E-state index in [1.54, 1.807) is 6.07 Å². The molecule has 28 heavy (non-hydrogen) atoms. The number of aliphatic hydroxyl groups excluding tert-OH is 1. The highest BCUT2D eigenvalue weighted by molar-refractivity contribution is 6.30. The summed E-state index contributed by atoms with van der Waals surface area (Å²) in [6.45, 7) is 3.72. The smallest absolute Gasteiger partial charge is 0.310 e. The van der Waals surface area contributed by atoms with Crippen molar-refractivity contribution in [3.63, 3.8) is 0 Å². The topological polar surface area (TPSA) is 67.2 Å². The Bertz CT molecular complexity index is 1100. The van der Waals surface area contributed by atoms with Crippen molar-refractivity contribution >= 4 is 23.2 Å². The second-order valence-corrected chi connectivity index (χ2v) is 6.88. The molecular weight excluding hydrogens is 388 g/mol. The van der Waals surface area contributed by atoms with Crippen LogP contribution in [0, 0.1) is 25.5 Å². The molecule has 1 aromatic heterocycles. The van der Waals surface area contributed by atoms with E-state index in [0.29, 0.717) is 11.3 Å². The Morgan fingerprint density at radius 3 is 2.57 bits per heavy atom. The molecular formula is C20H18ClF2N3O2. The lowest BCUT2D eigenvalue weighted by atomic mass is 10.0. The molecule has 0 fully saturated rings. The van der Waals surface area contributed by atoms with Crippen molar-refractivity contribution in [1.29, 1.82) is 0 Å². The molecule has 0 spiro atoms. The number of aromatic nitrogens is 2. The molecule has 0 saturated carbocycles. The van der Waals surface area contributed by atoms with Crippen molar-refractivity contribution < 1.29 is 13.9 Å². The van der Waals surface area contributed by atoms with Gasteiger partial charge in [0, 0.05) is 11.9 Å². The normalized spacial score (nSPS) is 10.9. The molecule has 0 bridgehead atoms. The minimum atomic E-state index is -1.00. The fraction of sp³-hybridized carbons (Fsp3) is 0.200. The summed E-state index contributed by atoms with van der Waals surface area (Å²) < 4.78 is 28.6. The van der Waals surface area contributed by atoms with Crippen LogP contribution in [-0.2, 0) is 13.2 Å². The van der Waals surface area contributed by atoms with E-state index in [1.165, 1.54) is 22.8 Å². The molecule has 1 heterocycles. The highest BCUT2D eigenvalue weighted by atomic mass is 35.5.